The Hall–Kier alpha value is -1.55. The molecule has 0 atom stereocenters. The van der Waals surface area contributed by atoms with E-state index >= 15 is 0 Å². The minimum Gasteiger partial charge on any atom is -0.492 e. The minimum atomic E-state index is -0.341. The Morgan fingerprint density at radius 2 is 2.24 bits per heavy atom. The van der Waals surface area contributed by atoms with Gasteiger partial charge in [-0.15, -0.1) is 0 Å². The third-order valence-electron chi connectivity index (χ3n) is 2.45. The van der Waals surface area contributed by atoms with Crippen LogP contribution in [0.5, 0.6) is 5.75 Å². The molecule has 3 N–H and O–H groups in total. The molecule has 1 aromatic carbocycles. The predicted molar refractivity (Wildman–Crippen MR) is 67.9 cm³/mol. The summed E-state index contributed by atoms with van der Waals surface area (Å²) < 4.78 is 5.63. The molecule has 0 aliphatic heterocycles. The molecule has 0 radical (unpaired) electrons. The SMILES string of the molecule is CCNCc1cccc(C)c1OCCC(N)=O. The maximum absolute atomic E-state index is 10.7. The number of amides is 1. The standard InChI is InChI=1S/C13H20N2O2/c1-3-15-9-11-6-4-5-10(2)13(11)17-8-7-12(14)16/h4-6,15H,3,7-9H2,1-2H3,(H2,14,16). The first-order valence-corrected chi connectivity index (χ1v) is 5.85. The number of para-hydroxylation sites is 1. The van der Waals surface area contributed by atoms with Crippen LogP contribution in [0, 0.1) is 6.92 Å². The average molecular weight is 236 g/mol. The number of rotatable bonds is 7. The highest BCUT2D eigenvalue weighted by Gasteiger charge is 2.07. The maximum Gasteiger partial charge on any atom is 0.220 e. The fourth-order valence-corrected chi connectivity index (χ4v) is 1.57. The fourth-order valence-electron chi connectivity index (χ4n) is 1.57. The molecule has 4 nitrogen and oxygen atoms in total. The van der Waals surface area contributed by atoms with Crippen molar-refractivity contribution in [3.63, 3.8) is 0 Å². The van der Waals surface area contributed by atoms with Crippen LogP contribution < -0.4 is 15.8 Å². The number of hydrogen-bond acceptors (Lipinski definition) is 3. The number of carbonyl (C=O) groups is 1. The van der Waals surface area contributed by atoms with Crippen molar-refractivity contribution in [2.45, 2.75) is 26.8 Å². The second kappa shape index (κ2) is 6.91. The summed E-state index contributed by atoms with van der Waals surface area (Å²) in [5.74, 6) is 0.515. The van der Waals surface area contributed by atoms with Crippen molar-refractivity contribution in [3.05, 3.63) is 29.3 Å². The zero-order valence-electron chi connectivity index (χ0n) is 10.5. The van der Waals surface area contributed by atoms with Crippen molar-refractivity contribution in [1.82, 2.24) is 5.32 Å². The molecule has 0 spiro atoms. The summed E-state index contributed by atoms with van der Waals surface area (Å²) >= 11 is 0. The Morgan fingerprint density at radius 1 is 1.47 bits per heavy atom. The van der Waals surface area contributed by atoms with E-state index in [0.717, 1.165) is 30.0 Å². The van der Waals surface area contributed by atoms with Crippen LogP contribution in [0.4, 0.5) is 0 Å². The van der Waals surface area contributed by atoms with E-state index in [1.165, 1.54) is 0 Å². The summed E-state index contributed by atoms with van der Waals surface area (Å²) in [5, 5.41) is 3.26. The molecule has 1 aromatic rings. The van der Waals surface area contributed by atoms with Gasteiger partial charge < -0.3 is 15.8 Å². The van der Waals surface area contributed by atoms with Gasteiger partial charge in [-0.1, -0.05) is 25.1 Å². The van der Waals surface area contributed by atoms with Crippen molar-refractivity contribution >= 4 is 5.91 Å². The van der Waals surface area contributed by atoms with Gasteiger partial charge in [0.25, 0.3) is 0 Å². The zero-order valence-corrected chi connectivity index (χ0v) is 10.5. The van der Waals surface area contributed by atoms with Gasteiger partial charge >= 0.3 is 0 Å². The zero-order chi connectivity index (χ0) is 12.7. The molecule has 4 heteroatoms. The van der Waals surface area contributed by atoms with E-state index in [1.807, 2.05) is 25.1 Å². The van der Waals surface area contributed by atoms with E-state index < -0.39 is 0 Å². The van der Waals surface area contributed by atoms with Gasteiger partial charge in [0, 0.05) is 12.1 Å². The molecule has 17 heavy (non-hydrogen) atoms. The lowest BCUT2D eigenvalue weighted by Gasteiger charge is -2.13. The Balaban J connectivity index is 2.69. The van der Waals surface area contributed by atoms with E-state index in [2.05, 4.69) is 12.2 Å². The normalized spacial score (nSPS) is 10.2. The molecule has 1 rings (SSSR count). The van der Waals surface area contributed by atoms with Crippen LogP contribution in [0.15, 0.2) is 18.2 Å². The molecule has 0 unspecified atom stereocenters. The largest absolute Gasteiger partial charge is 0.492 e. The molecular formula is C13H20N2O2. The van der Waals surface area contributed by atoms with Crippen LogP contribution in [0.3, 0.4) is 0 Å². The number of primary amides is 1. The second-order valence-corrected chi connectivity index (χ2v) is 3.91. The van der Waals surface area contributed by atoms with Gasteiger partial charge in [0.2, 0.25) is 5.91 Å². The number of carbonyl (C=O) groups excluding carboxylic acids is 1. The van der Waals surface area contributed by atoms with Crippen LogP contribution in [0.1, 0.15) is 24.5 Å². The summed E-state index contributed by atoms with van der Waals surface area (Å²) in [6.45, 7) is 6.07. The summed E-state index contributed by atoms with van der Waals surface area (Å²) in [5.41, 5.74) is 7.26. The first kappa shape index (κ1) is 13.5. The first-order chi connectivity index (χ1) is 8.15. The van der Waals surface area contributed by atoms with Crippen molar-refractivity contribution in [3.8, 4) is 5.75 Å². The number of hydrogen-bond donors (Lipinski definition) is 2. The highest BCUT2D eigenvalue weighted by atomic mass is 16.5. The summed E-state index contributed by atoms with van der Waals surface area (Å²) in [6.07, 6.45) is 0.245. The number of ether oxygens (including phenoxy) is 1. The number of aryl methyl sites for hydroxylation is 1. The molecule has 1 amide bonds. The summed E-state index contributed by atoms with van der Waals surface area (Å²) in [4.78, 5) is 10.7. The monoisotopic (exact) mass is 236 g/mol. The molecule has 0 aliphatic rings. The number of nitrogens with two attached hydrogens (primary N) is 1. The quantitative estimate of drug-likeness (QED) is 0.751. The van der Waals surface area contributed by atoms with Gasteiger partial charge in [0.1, 0.15) is 5.75 Å². The van der Waals surface area contributed by atoms with Crippen LogP contribution in [-0.2, 0) is 11.3 Å². The van der Waals surface area contributed by atoms with Gasteiger partial charge in [0.15, 0.2) is 0 Å². The smallest absolute Gasteiger partial charge is 0.220 e. The van der Waals surface area contributed by atoms with E-state index in [0.29, 0.717) is 6.61 Å². The molecule has 0 heterocycles. The third kappa shape index (κ3) is 4.44. The predicted octanol–water partition coefficient (Wildman–Crippen LogP) is 1.36. The second-order valence-electron chi connectivity index (χ2n) is 3.91. The van der Waals surface area contributed by atoms with Crippen molar-refractivity contribution in [2.24, 2.45) is 5.73 Å². The molecular weight excluding hydrogens is 216 g/mol. The number of nitrogens with one attached hydrogen (secondary N) is 1. The Morgan fingerprint density at radius 3 is 2.88 bits per heavy atom. The van der Waals surface area contributed by atoms with Crippen molar-refractivity contribution in [2.75, 3.05) is 13.2 Å². The van der Waals surface area contributed by atoms with Crippen LogP contribution in [-0.4, -0.2) is 19.1 Å². The lowest BCUT2D eigenvalue weighted by molar-refractivity contribution is -0.118. The Labute approximate surface area is 102 Å². The van der Waals surface area contributed by atoms with Gasteiger partial charge in [-0.25, -0.2) is 0 Å². The maximum atomic E-state index is 10.7. The van der Waals surface area contributed by atoms with Crippen LogP contribution in [0.25, 0.3) is 0 Å². The Kier molecular flexibility index (Phi) is 5.49. The number of benzene rings is 1. The molecule has 0 aliphatic carbocycles. The molecule has 0 aromatic heterocycles. The molecule has 0 saturated carbocycles. The molecule has 94 valence electrons. The van der Waals surface area contributed by atoms with Gasteiger partial charge in [-0.3, -0.25) is 4.79 Å². The van der Waals surface area contributed by atoms with Gasteiger partial charge in [-0.05, 0) is 19.0 Å². The van der Waals surface area contributed by atoms with Crippen molar-refractivity contribution in [1.29, 1.82) is 0 Å². The van der Waals surface area contributed by atoms with Gasteiger partial charge in [0.05, 0.1) is 13.0 Å². The molecule has 0 bridgehead atoms. The molecule has 0 fully saturated rings. The highest BCUT2D eigenvalue weighted by Crippen LogP contribution is 2.23. The van der Waals surface area contributed by atoms with E-state index in [1.54, 1.807) is 0 Å². The third-order valence-corrected chi connectivity index (χ3v) is 2.45. The van der Waals surface area contributed by atoms with E-state index in [9.17, 15) is 4.79 Å². The van der Waals surface area contributed by atoms with Crippen LogP contribution in [0.2, 0.25) is 0 Å². The summed E-state index contributed by atoms with van der Waals surface area (Å²) in [6, 6.07) is 6.02. The summed E-state index contributed by atoms with van der Waals surface area (Å²) in [7, 11) is 0. The topological polar surface area (TPSA) is 64.3 Å². The molecule has 0 saturated heterocycles. The first-order valence-electron chi connectivity index (χ1n) is 5.85. The lowest BCUT2D eigenvalue weighted by atomic mass is 10.1. The van der Waals surface area contributed by atoms with Gasteiger partial charge in [-0.2, -0.15) is 0 Å². The highest BCUT2D eigenvalue weighted by molar-refractivity contribution is 5.73. The van der Waals surface area contributed by atoms with E-state index in [-0.39, 0.29) is 12.3 Å². The fraction of sp³-hybridized carbons (Fsp3) is 0.462. The van der Waals surface area contributed by atoms with E-state index in [4.69, 9.17) is 10.5 Å². The van der Waals surface area contributed by atoms with Crippen LogP contribution >= 0.6 is 0 Å². The Bertz CT molecular complexity index is 378. The lowest BCUT2D eigenvalue weighted by Crippen LogP contribution is -2.16. The average Bonchev–Trinajstić information content (AvgIpc) is 2.29. The van der Waals surface area contributed by atoms with Crippen molar-refractivity contribution < 1.29 is 9.53 Å². The minimum absolute atomic E-state index is 0.245.